The standard InChI is InChI=1S/C15H26N4O/c1-11-16-8-13(18-11)10-19-6-5-12(9-19)7-17-14(20)15(2,3)4/h8,12H,5-7,9-10H2,1-4H3,(H,16,18)(H,17,20)/t12-/m0/s1. The molecule has 1 aliphatic rings. The number of hydrogen-bond acceptors (Lipinski definition) is 3. The number of aromatic amines is 1. The number of aryl methyl sites for hydroxylation is 1. The first-order chi connectivity index (χ1) is 9.34. The Kier molecular flexibility index (Phi) is 4.48. The maximum atomic E-state index is 11.9. The van der Waals surface area contributed by atoms with Crippen molar-refractivity contribution in [2.24, 2.45) is 11.3 Å². The van der Waals surface area contributed by atoms with E-state index in [1.165, 1.54) is 5.69 Å². The van der Waals surface area contributed by atoms with Crippen LogP contribution in [0, 0.1) is 18.3 Å². The number of carbonyl (C=O) groups is 1. The lowest BCUT2D eigenvalue weighted by Crippen LogP contribution is -2.38. The summed E-state index contributed by atoms with van der Waals surface area (Å²) in [4.78, 5) is 21.8. The molecule has 0 unspecified atom stereocenters. The second kappa shape index (κ2) is 5.95. The Hall–Kier alpha value is -1.36. The molecule has 0 spiro atoms. The van der Waals surface area contributed by atoms with E-state index in [0.717, 1.165) is 38.4 Å². The van der Waals surface area contributed by atoms with E-state index in [-0.39, 0.29) is 11.3 Å². The van der Waals surface area contributed by atoms with Crippen molar-refractivity contribution in [1.29, 1.82) is 0 Å². The summed E-state index contributed by atoms with van der Waals surface area (Å²) in [6.07, 6.45) is 3.06. The summed E-state index contributed by atoms with van der Waals surface area (Å²) in [7, 11) is 0. The highest BCUT2D eigenvalue weighted by Gasteiger charge is 2.26. The number of likely N-dealkylation sites (tertiary alicyclic amines) is 1. The van der Waals surface area contributed by atoms with Gasteiger partial charge < -0.3 is 10.3 Å². The number of hydrogen-bond donors (Lipinski definition) is 2. The topological polar surface area (TPSA) is 61.0 Å². The van der Waals surface area contributed by atoms with Crippen LogP contribution in [0.15, 0.2) is 6.20 Å². The van der Waals surface area contributed by atoms with E-state index >= 15 is 0 Å². The fourth-order valence-electron chi connectivity index (χ4n) is 2.52. The Morgan fingerprint density at radius 2 is 2.30 bits per heavy atom. The highest BCUT2D eigenvalue weighted by molar-refractivity contribution is 5.81. The minimum absolute atomic E-state index is 0.139. The number of nitrogens with one attached hydrogen (secondary N) is 2. The predicted octanol–water partition coefficient (Wildman–Crippen LogP) is 1.70. The molecular formula is C15H26N4O. The molecule has 0 saturated carbocycles. The van der Waals surface area contributed by atoms with Crippen molar-refractivity contribution >= 4 is 5.91 Å². The smallest absolute Gasteiger partial charge is 0.225 e. The zero-order valence-corrected chi connectivity index (χ0v) is 13.0. The van der Waals surface area contributed by atoms with Gasteiger partial charge in [0.1, 0.15) is 5.82 Å². The summed E-state index contributed by atoms with van der Waals surface area (Å²) in [6.45, 7) is 11.7. The summed E-state index contributed by atoms with van der Waals surface area (Å²) >= 11 is 0. The van der Waals surface area contributed by atoms with Crippen molar-refractivity contribution in [1.82, 2.24) is 20.2 Å². The molecule has 2 N–H and O–H groups in total. The molecule has 0 radical (unpaired) electrons. The Balaban J connectivity index is 1.74. The molecule has 5 nitrogen and oxygen atoms in total. The summed E-state index contributed by atoms with van der Waals surface area (Å²) < 4.78 is 0. The Labute approximate surface area is 121 Å². The zero-order chi connectivity index (χ0) is 14.8. The number of aromatic nitrogens is 2. The van der Waals surface area contributed by atoms with E-state index in [4.69, 9.17) is 0 Å². The molecule has 1 aliphatic heterocycles. The molecule has 1 fully saturated rings. The SMILES string of the molecule is Cc1ncc(CN2CC[C@@H](CNC(=O)C(C)(C)C)C2)[nH]1. The van der Waals surface area contributed by atoms with E-state index < -0.39 is 0 Å². The van der Waals surface area contributed by atoms with Gasteiger partial charge in [-0.2, -0.15) is 0 Å². The molecule has 0 aromatic carbocycles. The molecule has 2 heterocycles. The normalized spacial score (nSPS) is 20.3. The number of carbonyl (C=O) groups excluding carboxylic acids is 1. The maximum Gasteiger partial charge on any atom is 0.225 e. The van der Waals surface area contributed by atoms with Gasteiger partial charge in [0.25, 0.3) is 0 Å². The van der Waals surface area contributed by atoms with Crippen LogP contribution in [0.4, 0.5) is 0 Å². The van der Waals surface area contributed by atoms with E-state index in [9.17, 15) is 4.79 Å². The zero-order valence-electron chi connectivity index (χ0n) is 13.0. The van der Waals surface area contributed by atoms with Crippen molar-refractivity contribution < 1.29 is 4.79 Å². The highest BCUT2D eigenvalue weighted by atomic mass is 16.2. The van der Waals surface area contributed by atoms with Crippen LogP contribution < -0.4 is 5.32 Å². The third kappa shape index (κ3) is 4.07. The maximum absolute atomic E-state index is 11.9. The van der Waals surface area contributed by atoms with Gasteiger partial charge in [-0.1, -0.05) is 20.8 Å². The van der Waals surface area contributed by atoms with Gasteiger partial charge in [0.15, 0.2) is 0 Å². The molecule has 20 heavy (non-hydrogen) atoms. The lowest BCUT2D eigenvalue weighted by Gasteiger charge is -2.20. The summed E-state index contributed by atoms with van der Waals surface area (Å²) in [6, 6.07) is 0. The van der Waals surface area contributed by atoms with Crippen molar-refractivity contribution in [3.8, 4) is 0 Å². The first kappa shape index (κ1) is 15.0. The molecule has 0 aliphatic carbocycles. The van der Waals surface area contributed by atoms with Crippen molar-refractivity contribution in [3.63, 3.8) is 0 Å². The Morgan fingerprint density at radius 3 is 2.90 bits per heavy atom. The van der Waals surface area contributed by atoms with Gasteiger partial charge in [0.05, 0.1) is 0 Å². The minimum Gasteiger partial charge on any atom is -0.355 e. The fourth-order valence-corrected chi connectivity index (χ4v) is 2.52. The molecule has 112 valence electrons. The van der Waals surface area contributed by atoms with Gasteiger partial charge in [0.2, 0.25) is 5.91 Å². The summed E-state index contributed by atoms with van der Waals surface area (Å²) in [5, 5.41) is 3.07. The summed E-state index contributed by atoms with van der Waals surface area (Å²) in [5.74, 6) is 1.67. The second-order valence-corrected chi connectivity index (χ2v) is 6.84. The molecular weight excluding hydrogens is 252 g/mol. The summed E-state index contributed by atoms with van der Waals surface area (Å²) in [5.41, 5.74) is 0.869. The monoisotopic (exact) mass is 278 g/mol. The minimum atomic E-state index is -0.300. The molecule has 0 bridgehead atoms. The van der Waals surface area contributed by atoms with Gasteiger partial charge in [-0.3, -0.25) is 9.69 Å². The third-order valence-electron chi connectivity index (χ3n) is 3.75. The third-order valence-corrected chi connectivity index (χ3v) is 3.75. The van der Waals surface area contributed by atoms with Gasteiger partial charge in [-0.15, -0.1) is 0 Å². The lowest BCUT2D eigenvalue weighted by molar-refractivity contribution is -0.128. The van der Waals surface area contributed by atoms with E-state index in [1.807, 2.05) is 33.9 Å². The van der Waals surface area contributed by atoms with Crippen LogP contribution in [0.2, 0.25) is 0 Å². The van der Waals surface area contributed by atoms with Crippen LogP contribution in [-0.4, -0.2) is 40.4 Å². The number of nitrogens with zero attached hydrogens (tertiary/aromatic N) is 2. The van der Waals surface area contributed by atoms with Crippen molar-refractivity contribution in [3.05, 3.63) is 17.7 Å². The van der Waals surface area contributed by atoms with E-state index in [0.29, 0.717) is 5.92 Å². The number of amides is 1. The Bertz CT molecular complexity index is 461. The number of rotatable bonds is 4. The first-order valence-electron chi connectivity index (χ1n) is 7.36. The predicted molar refractivity (Wildman–Crippen MR) is 79.2 cm³/mol. The van der Waals surface area contributed by atoms with Crippen LogP contribution >= 0.6 is 0 Å². The average molecular weight is 278 g/mol. The van der Waals surface area contributed by atoms with Gasteiger partial charge in [-0.05, 0) is 25.8 Å². The molecule has 1 saturated heterocycles. The molecule has 2 rings (SSSR count). The van der Waals surface area contributed by atoms with Crippen LogP contribution in [0.1, 0.15) is 38.7 Å². The fraction of sp³-hybridized carbons (Fsp3) is 0.733. The number of imidazole rings is 1. The van der Waals surface area contributed by atoms with E-state index in [2.05, 4.69) is 20.2 Å². The molecule has 1 amide bonds. The van der Waals surface area contributed by atoms with Crippen LogP contribution in [-0.2, 0) is 11.3 Å². The quantitative estimate of drug-likeness (QED) is 0.881. The van der Waals surface area contributed by atoms with Crippen molar-refractivity contribution in [2.75, 3.05) is 19.6 Å². The largest absolute Gasteiger partial charge is 0.355 e. The van der Waals surface area contributed by atoms with E-state index in [1.54, 1.807) is 0 Å². The van der Waals surface area contributed by atoms with Gasteiger partial charge in [0, 0.05) is 36.9 Å². The first-order valence-corrected chi connectivity index (χ1v) is 7.36. The molecule has 5 heteroatoms. The van der Waals surface area contributed by atoms with Gasteiger partial charge in [-0.25, -0.2) is 4.98 Å². The highest BCUT2D eigenvalue weighted by Crippen LogP contribution is 2.18. The molecule has 1 aromatic heterocycles. The molecule has 1 aromatic rings. The lowest BCUT2D eigenvalue weighted by atomic mass is 9.95. The molecule has 1 atom stereocenters. The average Bonchev–Trinajstić information content (AvgIpc) is 2.95. The van der Waals surface area contributed by atoms with Gasteiger partial charge >= 0.3 is 0 Å². The van der Waals surface area contributed by atoms with Crippen LogP contribution in [0.5, 0.6) is 0 Å². The van der Waals surface area contributed by atoms with Crippen LogP contribution in [0.3, 0.4) is 0 Å². The van der Waals surface area contributed by atoms with Crippen LogP contribution in [0.25, 0.3) is 0 Å². The Morgan fingerprint density at radius 1 is 1.55 bits per heavy atom. The number of H-pyrrole nitrogens is 1. The second-order valence-electron chi connectivity index (χ2n) is 6.84. The van der Waals surface area contributed by atoms with Crippen molar-refractivity contribution in [2.45, 2.75) is 40.7 Å².